The first-order chi connectivity index (χ1) is 11.7. The predicted octanol–water partition coefficient (Wildman–Crippen LogP) is 2.27. The van der Waals surface area contributed by atoms with Crippen molar-refractivity contribution in [3.8, 4) is 5.75 Å². The predicted molar refractivity (Wildman–Crippen MR) is 91.9 cm³/mol. The van der Waals surface area contributed by atoms with E-state index in [9.17, 15) is 4.79 Å². The number of hydrogen-bond acceptors (Lipinski definition) is 5. The molecule has 0 radical (unpaired) electrons. The summed E-state index contributed by atoms with van der Waals surface area (Å²) in [6.07, 6.45) is 3.44. The third kappa shape index (κ3) is 4.44. The minimum absolute atomic E-state index is 0.0357. The average Bonchev–Trinajstić information content (AvgIpc) is 2.62. The number of aromatic nitrogens is 2. The van der Waals surface area contributed by atoms with Gasteiger partial charge >= 0.3 is 0 Å². The summed E-state index contributed by atoms with van der Waals surface area (Å²) in [5, 5.41) is 11.3. The molecule has 1 aromatic carbocycles. The molecular weight excluding hydrogens is 304 g/mol. The molecule has 2 heterocycles. The molecule has 6 nitrogen and oxygen atoms in total. The van der Waals surface area contributed by atoms with Gasteiger partial charge in [0.1, 0.15) is 11.6 Å². The van der Waals surface area contributed by atoms with Gasteiger partial charge in [0.25, 0.3) is 5.91 Å². The molecule has 24 heavy (non-hydrogen) atoms. The number of carbonyl (C=O) groups excluding carboxylic acids is 1. The number of likely N-dealkylation sites (tertiary alicyclic amines) is 1. The first kappa shape index (κ1) is 16.2. The minimum atomic E-state index is 0.0357. The topological polar surface area (TPSA) is 67.3 Å². The van der Waals surface area contributed by atoms with Crippen molar-refractivity contribution in [2.45, 2.75) is 25.8 Å². The van der Waals surface area contributed by atoms with Crippen LogP contribution in [0.2, 0.25) is 0 Å². The highest BCUT2D eigenvalue weighted by Crippen LogP contribution is 2.16. The third-order valence-electron chi connectivity index (χ3n) is 4.16. The fraction of sp³-hybridized carbons (Fsp3) is 0.389. The SMILES string of the molecule is Cc1ccc(OCC(=O)N2CCC(Nc3cccnn3)CC2)cc1. The van der Waals surface area contributed by atoms with Crippen LogP contribution in [0.5, 0.6) is 5.75 Å². The van der Waals surface area contributed by atoms with E-state index in [1.807, 2.05) is 48.2 Å². The summed E-state index contributed by atoms with van der Waals surface area (Å²) in [6, 6.07) is 11.8. The number of ether oxygens (including phenoxy) is 1. The van der Waals surface area contributed by atoms with Crippen molar-refractivity contribution in [1.29, 1.82) is 0 Å². The number of hydrogen-bond donors (Lipinski definition) is 1. The summed E-state index contributed by atoms with van der Waals surface area (Å²) in [5.74, 6) is 1.55. The molecule has 1 N–H and O–H groups in total. The number of nitrogens with zero attached hydrogens (tertiary/aromatic N) is 3. The van der Waals surface area contributed by atoms with Crippen LogP contribution in [0.25, 0.3) is 0 Å². The quantitative estimate of drug-likeness (QED) is 0.913. The van der Waals surface area contributed by atoms with E-state index in [0.29, 0.717) is 6.04 Å². The maximum atomic E-state index is 12.3. The number of carbonyl (C=O) groups is 1. The number of benzene rings is 1. The zero-order chi connectivity index (χ0) is 16.8. The van der Waals surface area contributed by atoms with E-state index in [1.54, 1.807) is 6.20 Å². The van der Waals surface area contributed by atoms with Crippen LogP contribution in [0.4, 0.5) is 5.82 Å². The second kappa shape index (κ2) is 7.77. The molecule has 1 fully saturated rings. The van der Waals surface area contributed by atoms with Gasteiger partial charge in [-0.15, -0.1) is 5.10 Å². The van der Waals surface area contributed by atoms with Gasteiger partial charge in [-0.3, -0.25) is 4.79 Å². The van der Waals surface area contributed by atoms with Gasteiger partial charge in [0.15, 0.2) is 6.61 Å². The Labute approximate surface area is 141 Å². The molecule has 0 atom stereocenters. The Morgan fingerprint density at radius 2 is 2.00 bits per heavy atom. The summed E-state index contributed by atoms with van der Waals surface area (Å²) in [7, 11) is 0. The van der Waals surface area contributed by atoms with Gasteiger partial charge in [-0.2, -0.15) is 5.10 Å². The van der Waals surface area contributed by atoms with Gasteiger partial charge < -0.3 is 15.0 Å². The molecular formula is C18H22N4O2. The van der Waals surface area contributed by atoms with E-state index >= 15 is 0 Å². The second-order valence-electron chi connectivity index (χ2n) is 6.01. The lowest BCUT2D eigenvalue weighted by atomic mass is 10.1. The number of anilines is 1. The van der Waals surface area contributed by atoms with Crippen molar-refractivity contribution in [3.63, 3.8) is 0 Å². The van der Waals surface area contributed by atoms with Gasteiger partial charge in [-0.1, -0.05) is 17.7 Å². The maximum Gasteiger partial charge on any atom is 0.260 e. The van der Waals surface area contributed by atoms with E-state index < -0.39 is 0 Å². The lowest BCUT2D eigenvalue weighted by Gasteiger charge is -2.32. The number of aryl methyl sites for hydroxylation is 1. The Morgan fingerprint density at radius 1 is 1.25 bits per heavy atom. The zero-order valence-corrected chi connectivity index (χ0v) is 13.8. The molecule has 1 aliphatic rings. The van der Waals surface area contributed by atoms with Crippen molar-refractivity contribution in [2.75, 3.05) is 25.0 Å². The highest BCUT2D eigenvalue weighted by atomic mass is 16.5. The monoisotopic (exact) mass is 326 g/mol. The van der Waals surface area contributed by atoms with Crippen molar-refractivity contribution in [3.05, 3.63) is 48.2 Å². The Bertz CT molecular complexity index is 652. The molecule has 0 unspecified atom stereocenters. The van der Waals surface area contributed by atoms with Crippen LogP contribution in [0.3, 0.4) is 0 Å². The molecule has 0 bridgehead atoms. The highest BCUT2D eigenvalue weighted by molar-refractivity contribution is 5.77. The van der Waals surface area contributed by atoms with Crippen molar-refractivity contribution >= 4 is 11.7 Å². The normalized spacial score (nSPS) is 15.1. The largest absolute Gasteiger partial charge is 0.484 e. The number of nitrogens with one attached hydrogen (secondary N) is 1. The Morgan fingerprint density at radius 3 is 2.67 bits per heavy atom. The smallest absolute Gasteiger partial charge is 0.260 e. The first-order valence-corrected chi connectivity index (χ1v) is 8.22. The molecule has 0 spiro atoms. The Kier molecular flexibility index (Phi) is 5.25. The third-order valence-corrected chi connectivity index (χ3v) is 4.16. The Hall–Kier alpha value is -2.63. The summed E-state index contributed by atoms with van der Waals surface area (Å²) in [6.45, 7) is 3.57. The molecule has 1 saturated heterocycles. The van der Waals surface area contributed by atoms with E-state index in [4.69, 9.17) is 4.74 Å². The molecule has 1 amide bonds. The molecule has 3 rings (SSSR count). The van der Waals surface area contributed by atoms with Crippen LogP contribution in [-0.2, 0) is 4.79 Å². The van der Waals surface area contributed by atoms with Crippen LogP contribution in [0.15, 0.2) is 42.6 Å². The molecule has 0 saturated carbocycles. The number of rotatable bonds is 5. The van der Waals surface area contributed by atoms with Crippen molar-refractivity contribution in [1.82, 2.24) is 15.1 Å². The lowest BCUT2D eigenvalue weighted by Crippen LogP contribution is -2.44. The fourth-order valence-corrected chi connectivity index (χ4v) is 2.73. The summed E-state index contributed by atoms with van der Waals surface area (Å²) in [4.78, 5) is 14.1. The van der Waals surface area contributed by atoms with E-state index in [-0.39, 0.29) is 12.5 Å². The first-order valence-electron chi connectivity index (χ1n) is 8.22. The molecule has 1 aliphatic heterocycles. The summed E-state index contributed by atoms with van der Waals surface area (Å²) < 4.78 is 5.57. The van der Waals surface area contributed by atoms with Gasteiger partial charge in [0, 0.05) is 25.3 Å². The van der Waals surface area contributed by atoms with E-state index in [2.05, 4.69) is 15.5 Å². The standard InChI is InChI=1S/C18H22N4O2/c1-14-4-6-16(7-5-14)24-13-18(23)22-11-8-15(9-12-22)20-17-3-2-10-19-21-17/h2-7,10,15H,8-9,11-13H2,1H3,(H,20,21). The minimum Gasteiger partial charge on any atom is -0.484 e. The van der Waals surface area contributed by atoms with Gasteiger partial charge in [0.05, 0.1) is 0 Å². The van der Waals surface area contributed by atoms with Crippen LogP contribution < -0.4 is 10.1 Å². The summed E-state index contributed by atoms with van der Waals surface area (Å²) in [5.41, 5.74) is 1.17. The molecule has 2 aromatic rings. The molecule has 1 aromatic heterocycles. The maximum absolute atomic E-state index is 12.3. The van der Waals surface area contributed by atoms with E-state index in [0.717, 1.165) is 37.5 Å². The van der Waals surface area contributed by atoms with Gasteiger partial charge in [0.2, 0.25) is 0 Å². The highest BCUT2D eigenvalue weighted by Gasteiger charge is 2.23. The zero-order valence-electron chi connectivity index (χ0n) is 13.8. The van der Waals surface area contributed by atoms with Crippen LogP contribution in [0, 0.1) is 6.92 Å². The second-order valence-corrected chi connectivity index (χ2v) is 6.01. The molecule has 6 heteroatoms. The average molecular weight is 326 g/mol. The fourth-order valence-electron chi connectivity index (χ4n) is 2.73. The number of amides is 1. The lowest BCUT2D eigenvalue weighted by molar-refractivity contribution is -0.134. The van der Waals surface area contributed by atoms with Crippen LogP contribution in [-0.4, -0.2) is 46.7 Å². The van der Waals surface area contributed by atoms with E-state index in [1.165, 1.54) is 5.56 Å². The van der Waals surface area contributed by atoms with Crippen molar-refractivity contribution < 1.29 is 9.53 Å². The van der Waals surface area contributed by atoms with Gasteiger partial charge in [-0.25, -0.2) is 0 Å². The molecule has 0 aliphatic carbocycles. The summed E-state index contributed by atoms with van der Waals surface area (Å²) >= 11 is 0. The van der Waals surface area contributed by atoms with Crippen LogP contribution in [0.1, 0.15) is 18.4 Å². The van der Waals surface area contributed by atoms with Crippen molar-refractivity contribution in [2.24, 2.45) is 0 Å². The number of piperidine rings is 1. The molecule has 126 valence electrons. The van der Waals surface area contributed by atoms with Gasteiger partial charge in [-0.05, 0) is 44.0 Å². The Balaban J connectivity index is 1.42. The van der Waals surface area contributed by atoms with Crippen LogP contribution >= 0.6 is 0 Å².